The molecular formula is C73H116N18O36. The first-order valence-corrected chi connectivity index (χ1v) is 39.7. The van der Waals surface area contributed by atoms with E-state index in [1.54, 1.807) is 13.8 Å². The number of carboxylic acid groups (broad SMARTS) is 7. The van der Waals surface area contributed by atoms with Crippen LogP contribution in [0.5, 0.6) is 0 Å². The smallest absolute Gasteiger partial charge is 0.326 e. The van der Waals surface area contributed by atoms with Gasteiger partial charge in [-0.3, -0.25) is 110 Å². The zero-order valence-electron chi connectivity index (χ0n) is 70.9. The molecule has 0 aromatic rings. The molecule has 1 heterocycles. The molecule has 1 aliphatic rings. The summed E-state index contributed by atoms with van der Waals surface area (Å²) in [5, 5.41) is 157. The number of amides is 17. The molecule has 0 radical (unpaired) electrons. The maximum Gasteiger partial charge on any atom is 0.326 e. The fourth-order valence-electron chi connectivity index (χ4n) is 11.5. The number of aliphatic hydroxyl groups excluding tert-OH is 5. The topological polar surface area (TPSA) is 869 Å². The Balaban J connectivity index is 3.22. The van der Waals surface area contributed by atoms with Gasteiger partial charge >= 0.3 is 41.8 Å². The van der Waals surface area contributed by atoms with Gasteiger partial charge in [-0.05, 0) is 105 Å². The Labute approximate surface area is 723 Å². The first-order chi connectivity index (χ1) is 59.0. The Morgan fingerprint density at radius 3 is 0.984 bits per heavy atom. The predicted octanol–water partition coefficient (Wildman–Crippen LogP) is -13.0. The molecule has 17 amide bonds. The summed E-state index contributed by atoms with van der Waals surface area (Å²) in [5.41, 5.74) is 0. The van der Waals surface area contributed by atoms with Crippen LogP contribution >= 0.6 is 0 Å². The normalized spacial score (nSPS) is 16.7. The Hall–Kier alpha value is -13.0. The Kier molecular flexibility index (Phi) is 48.9. The third-order valence-electron chi connectivity index (χ3n) is 18.6. The van der Waals surface area contributed by atoms with Gasteiger partial charge in [-0.15, -0.1) is 0 Å². The van der Waals surface area contributed by atoms with E-state index in [0.29, 0.717) is 19.4 Å². The number of aliphatic hydroxyl groups is 5. The molecule has 714 valence electrons. The van der Waals surface area contributed by atoms with Crippen LogP contribution < -0.4 is 95.7 Å². The number of hydrogen-bond donors (Lipinski definition) is 30. The summed E-state index contributed by atoms with van der Waals surface area (Å²) in [6.45, 7) is 8.82. The lowest BCUT2D eigenvalue weighted by atomic mass is 10.0. The van der Waals surface area contributed by atoms with Crippen molar-refractivity contribution in [1.82, 2.24) is 95.7 Å². The van der Waals surface area contributed by atoms with Crippen LogP contribution in [0, 0.1) is 11.8 Å². The van der Waals surface area contributed by atoms with Gasteiger partial charge in [0.2, 0.25) is 100 Å². The first kappa shape index (κ1) is 112. The second kappa shape index (κ2) is 55.4. The van der Waals surface area contributed by atoms with Crippen molar-refractivity contribution in [3.8, 4) is 0 Å². The number of carbonyl (C=O) groups excluding carboxylic acids is 17. The van der Waals surface area contributed by atoms with Crippen LogP contribution in [-0.2, 0) is 115 Å². The van der Waals surface area contributed by atoms with Crippen molar-refractivity contribution in [3.05, 3.63) is 0 Å². The number of rotatable bonds is 59. The molecule has 54 heteroatoms. The minimum absolute atomic E-state index is 0.249. The SMILES string of the molecule is CC(C)C[C@H](NC(=O)[C@H](CC(=O)O)NC(=O)[C@H](CC(=O)O)NC(=O)[C@H](CO)NC(=O)[C@H](C)NC(=O)[C@H](CO)NC(=O)[C@@H](NC(=O)[C@@H](NC(=O)CNC(=O)[C@@H](NC(=O)[C@H](C)NC(=O)[C@@H](NC(=O)[C@H](CCC(=O)O)NC(=O)[C@H](CCC(=O)O)NC(=O)[C@H](CCC(=O)O)NC(=O)[C@H](C)NC(=O)[C@@H]1CCCN1)C(C)C)[C@@H](C)O)[C@@H](C)O)[C@@H](C)O)C(=O)N[C@@H](CCC(=O)O)C(=O)O. The van der Waals surface area contributed by atoms with E-state index in [0.717, 1.165) is 34.6 Å². The lowest BCUT2D eigenvalue weighted by Crippen LogP contribution is -2.63. The van der Waals surface area contributed by atoms with Crippen LogP contribution in [0.2, 0.25) is 0 Å². The third kappa shape index (κ3) is 41.6. The average molecular weight is 1820 g/mol. The van der Waals surface area contributed by atoms with Crippen molar-refractivity contribution >= 4 is 142 Å². The summed E-state index contributed by atoms with van der Waals surface area (Å²) in [4.78, 5) is 311. The summed E-state index contributed by atoms with van der Waals surface area (Å²) < 4.78 is 0. The number of carbonyl (C=O) groups is 24. The number of hydrogen-bond acceptors (Lipinski definition) is 30. The van der Waals surface area contributed by atoms with Crippen molar-refractivity contribution < 1.29 is 176 Å². The van der Waals surface area contributed by atoms with Gasteiger partial charge in [-0.25, -0.2) is 4.79 Å². The van der Waals surface area contributed by atoms with E-state index in [2.05, 4.69) is 58.5 Å². The molecule has 0 unspecified atom stereocenters. The van der Waals surface area contributed by atoms with Crippen LogP contribution in [0.15, 0.2) is 0 Å². The van der Waals surface area contributed by atoms with Gasteiger partial charge in [-0.1, -0.05) is 27.7 Å². The highest BCUT2D eigenvalue weighted by molar-refractivity contribution is 6.02. The quantitative estimate of drug-likeness (QED) is 0.0269. The molecule has 0 saturated carbocycles. The molecule has 54 nitrogen and oxygen atoms in total. The van der Waals surface area contributed by atoms with Gasteiger partial charge in [0.15, 0.2) is 0 Å². The molecule has 1 saturated heterocycles. The Morgan fingerprint density at radius 2 is 0.598 bits per heavy atom. The van der Waals surface area contributed by atoms with Crippen LogP contribution in [0.1, 0.15) is 153 Å². The van der Waals surface area contributed by atoms with Crippen molar-refractivity contribution in [2.75, 3.05) is 26.3 Å². The highest BCUT2D eigenvalue weighted by Gasteiger charge is 2.41. The summed E-state index contributed by atoms with van der Waals surface area (Å²) in [6.07, 6.45) is -13.0. The van der Waals surface area contributed by atoms with Crippen LogP contribution in [0.3, 0.4) is 0 Å². The predicted molar refractivity (Wildman–Crippen MR) is 425 cm³/mol. The standard InChI is InChI=1S/C73H116N18O36/c1-28(2)22-41(64(117)82-40(73(126)127)16-20-50(104)105)83-65(118)42(23-51(106)107)84-66(119)43(24-52(108)109)85-68(121)45(27-93)86-58(111)31(6)77-67(120)44(26-92)87-71(124)56(35(10)96)91-72(125)55(34(9)95)88-46(97)25-75-69(122)54(33(8)94)90-59(112)32(7)78-70(123)53(29(3)4)89-63(116)39(15-19-49(102)103)81-62(115)38(14-18-48(100)101)80-61(114)37(13-17-47(98)99)79-57(110)30(5)76-60(113)36-12-11-21-74-36/h28-45,53-56,74,92-96H,11-27H2,1-10H3,(H,75,122)(H,76,113)(H,77,120)(H,78,123)(H,79,110)(H,80,114)(H,81,115)(H,82,117)(H,83,118)(H,84,119)(H,85,121)(H,86,111)(H,87,124)(H,88,97)(H,89,116)(H,90,112)(H,91,125)(H,98,99)(H,100,101)(H,102,103)(H,104,105)(H,106,107)(H,108,109)(H,126,127)/t30-,31-,32-,33+,34+,35+,36-,37-,38-,39-,40-,41-,42-,43-,44-,45-,53-,54-,55-,56-/m0/s1. The van der Waals surface area contributed by atoms with Crippen molar-refractivity contribution in [3.63, 3.8) is 0 Å². The molecule has 1 aliphatic heterocycles. The molecule has 0 aliphatic carbocycles. The van der Waals surface area contributed by atoms with Crippen LogP contribution in [0.25, 0.3) is 0 Å². The van der Waals surface area contributed by atoms with E-state index in [4.69, 9.17) is 5.11 Å². The highest BCUT2D eigenvalue weighted by atomic mass is 16.4. The summed E-state index contributed by atoms with van der Waals surface area (Å²) in [5.74, 6) is -34.0. The van der Waals surface area contributed by atoms with E-state index >= 15 is 0 Å². The molecule has 20 atom stereocenters. The molecular weight excluding hydrogens is 1700 g/mol. The van der Waals surface area contributed by atoms with Gasteiger partial charge in [0.05, 0.1) is 57.0 Å². The molecule has 30 N–H and O–H groups in total. The number of carboxylic acids is 7. The lowest BCUT2D eigenvalue weighted by molar-refractivity contribution is -0.144. The fraction of sp³-hybridized carbons (Fsp3) is 0.671. The van der Waals surface area contributed by atoms with Gasteiger partial charge in [0.25, 0.3) is 0 Å². The maximum absolute atomic E-state index is 14.0. The van der Waals surface area contributed by atoms with Gasteiger partial charge in [0.1, 0.15) is 96.7 Å². The van der Waals surface area contributed by atoms with E-state index in [1.807, 2.05) is 37.2 Å². The summed E-state index contributed by atoms with van der Waals surface area (Å²) >= 11 is 0. The molecule has 127 heavy (non-hydrogen) atoms. The van der Waals surface area contributed by atoms with Crippen LogP contribution in [-0.4, -0.2) is 351 Å². The molecule has 0 aromatic heterocycles. The molecule has 0 aromatic carbocycles. The zero-order chi connectivity index (χ0) is 97.3. The van der Waals surface area contributed by atoms with Gasteiger partial charge < -0.3 is 157 Å². The Bertz CT molecular complexity index is 3950. The molecule has 1 rings (SSSR count). The average Bonchev–Trinajstić information content (AvgIpc) is 1.62. The first-order valence-electron chi connectivity index (χ1n) is 39.7. The monoisotopic (exact) mass is 1820 g/mol. The lowest BCUT2D eigenvalue weighted by Gasteiger charge is -2.28. The largest absolute Gasteiger partial charge is 0.481 e. The fourth-order valence-corrected chi connectivity index (χ4v) is 11.5. The maximum atomic E-state index is 14.0. The second-order valence-corrected chi connectivity index (χ2v) is 30.3. The van der Waals surface area contributed by atoms with Crippen molar-refractivity contribution in [2.45, 2.75) is 274 Å². The van der Waals surface area contributed by atoms with Gasteiger partial charge in [0, 0.05) is 25.7 Å². The van der Waals surface area contributed by atoms with E-state index < -0.39 is 359 Å². The third-order valence-corrected chi connectivity index (χ3v) is 18.6. The van der Waals surface area contributed by atoms with E-state index in [9.17, 15) is 171 Å². The Morgan fingerprint density at radius 1 is 0.307 bits per heavy atom. The minimum Gasteiger partial charge on any atom is -0.481 e. The van der Waals surface area contributed by atoms with E-state index in [1.165, 1.54) is 20.8 Å². The van der Waals surface area contributed by atoms with E-state index in [-0.39, 0.29) is 6.42 Å². The summed E-state index contributed by atoms with van der Waals surface area (Å²) in [7, 11) is 0. The number of aliphatic carboxylic acids is 7. The minimum atomic E-state index is -2.25. The van der Waals surface area contributed by atoms with Gasteiger partial charge in [-0.2, -0.15) is 0 Å². The highest BCUT2D eigenvalue weighted by Crippen LogP contribution is 2.14. The second-order valence-electron chi connectivity index (χ2n) is 30.3. The van der Waals surface area contributed by atoms with Crippen molar-refractivity contribution in [1.29, 1.82) is 0 Å². The van der Waals surface area contributed by atoms with Crippen molar-refractivity contribution in [2.24, 2.45) is 11.8 Å². The zero-order valence-corrected chi connectivity index (χ0v) is 70.9. The number of nitrogens with one attached hydrogen (secondary N) is 18. The molecule has 0 bridgehead atoms. The van der Waals surface area contributed by atoms with Crippen LogP contribution in [0.4, 0.5) is 0 Å². The summed E-state index contributed by atoms with van der Waals surface area (Å²) in [6, 6.07) is -30.8. The molecule has 0 spiro atoms. The molecule has 1 fully saturated rings.